The topological polar surface area (TPSA) is 175 Å². The number of nitrogens with zero attached hydrogens (tertiary/aromatic N) is 4. The fourth-order valence-corrected chi connectivity index (χ4v) is 9.33. The zero-order valence-electron chi connectivity index (χ0n) is 36.1. The van der Waals surface area contributed by atoms with Gasteiger partial charge in [-0.3, -0.25) is 14.4 Å². The molecule has 2 saturated heterocycles. The number of nitrogens with one attached hydrogen (secondary N) is 4. The number of hydrogen-bond donors (Lipinski definition) is 4. The third kappa shape index (κ3) is 8.51. The molecule has 0 bridgehead atoms. The maximum atomic E-state index is 14.5. The molecule has 4 aromatic carbocycles. The van der Waals surface area contributed by atoms with E-state index in [9.17, 15) is 19.2 Å². The van der Waals surface area contributed by atoms with Gasteiger partial charge >= 0.3 is 6.09 Å². The minimum Gasteiger partial charge on any atom is -0.453 e. The van der Waals surface area contributed by atoms with Gasteiger partial charge in [0.2, 0.25) is 17.7 Å². The number of carbonyl (C=O) groups is 4. The van der Waals surface area contributed by atoms with Crippen LogP contribution in [0, 0.1) is 17.8 Å². The number of carbonyl (C=O) groups excluding carboxylic acids is 4. The van der Waals surface area contributed by atoms with Crippen molar-refractivity contribution >= 4 is 45.6 Å². The number of benzene rings is 4. The van der Waals surface area contributed by atoms with E-state index in [2.05, 4.69) is 69.1 Å². The molecule has 326 valence electrons. The SMILES string of the molecule is COC[C@H]1C[C@@H](c2nc3c(ccc4cc(-c5ccc(-c6cnc([C@@H]7CCCN7C(=O)[C@@H](NC(=O)OC)C(C)C)[nH]6)cc5)ccc43)[nH]2)N(C(=O)[C@H](NC(=O)C2CC2)c2ccccc2)C1. The fourth-order valence-electron chi connectivity index (χ4n) is 9.33. The average molecular weight is 851 g/mol. The molecule has 9 rings (SSSR count). The Labute approximate surface area is 366 Å². The Morgan fingerprint density at radius 2 is 1.57 bits per heavy atom. The summed E-state index contributed by atoms with van der Waals surface area (Å²) in [5, 5.41) is 7.83. The lowest BCUT2D eigenvalue weighted by Crippen LogP contribution is -2.51. The van der Waals surface area contributed by atoms with Crippen LogP contribution in [-0.2, 0) is 23.9 Å². The number of aromatic nitrogens is 4. The Balaban J connectivity index is 0.933. The number of imidazole rings is 2. The van der Waals surface area contributed by atoms with Crippen LogP contribution in [0.4, 0.5) is 4.79 Å². The van der Waals surface area contributed by atoms with Gasteiger partial charge in [0.1, 0.15) is 23.7 Å². The largest absolute Gasteiger partial charge is 0.453 e. The number of alkyl carbamates (subject to hydrolysis) is 1. The Bertz CT molecular complexity index is 2640. The quantitative estimate of drug-likeness (QED) is 0.0918. The minimum absolute atomic E-state index is 0.0303. The van der Waals surface area contributed by atoms with E-state index in [1.54, 1.807) is 7.11 Å². The van der Waals surface area contributed by atoms with E-state index < -0.39 is 18.2 Å². The number of amides is 4. The molecule has 4 heterocycles. The molecule has 3 fully saturated rings. The molecule has 14 nitrogen and oxygen atoms in total. The summed E-state index contributed by atoms with van der Waals surface area (Å²) in [6.45, 7) is 5.41. The van der Waals surface area contributed by atoms with Gasteiger partial charge in [-0.2, -0.15) is 0 Å². The maximum absolute atomic E-state index is 14.5. The van der Waals surface area contributed by atoms with Gasteiger partial charge in [-0.05, 0) is 77.8 Å². The molecule has 3 aliphatic rings. The lowest BCUT2D eigenvalue weighted by atomic mass is 9.99. The van der Waals surface area contributed by atoms with Crippen molar-refractivity contribution in [3.05, 3.63) is 108 Å². The molecule has 6 aromatic rings. The van der Waals surface area contributed by atoms with Crippen LogP contribution < -0.4 is 10.6 Å². The smallest absolute Gasteiger partial charge is 0.407 e. The van der Waals surface area contributed by atoms with Crippen molar-refractivity contribution in [2.45, 2.75) is 70.1 Å². The van der Waals surface area contributed by atoms with Crippen molar-refractivity contribution < 1.29 is 28.7 Å². The molecular formula is C49H54N8O6. The van der Waals surface area contributed by atoms with Gasteiger partial charge in [0.15, 0.2) is 0 Å². The minimum atomic E-state index is -0.792. The summed E-state index contributed by atoms with van der Waals surface area (Å²) in [5.74, 6) is 1.05. The van der Waals surface area contributed by atoms with Gasteiger partial charge in [-0.1, -0.05) is 86.6 Å². The first-order valence-electron chi connectivity index (χ1n) is 22.0. The van der Waals surface area contributed by atoms with Gasteiger partial charge in [-0.15, -0.1) is 0 Å². The van der Waals surface area contributed by atoms with Crippen LogP contribution in [0.1, 0.15) is 81.3 Å². The Hall–Kier alpha value is -6.54. The lowest BCUT2D eigenvalue weighted by molar-refractivity contribution is -0.138. The fraction of sp³-hybridized carbons (Fsp3) is 0.388. The molecule has 1 saturated carbocycles. The normalized spacial score (nSPS) is 19.7. The number of likely N-dealkylation sites (tertiary alicyclic amines) is 2. The van der Waals surface area contributed by atoms with E-state index in [1.165, 1.54) is 7.11 Å². The number of hydrogen-bond acceptors (Lipinski definition) is 8. The molecule has 1 aliphatic carbocycles. The summed E-state index contributed by atoms with van der Waals surface area (Å²) in [4.78, 5) is 73.8. The van der Waals surface area contributed by atoms with Crippen LogP contribution in [0.2, 0.25) is 0 Å². The predicted molar refractivity (Wildman–Crippen MR) is 239 cm³/mol. The second-order valence-corrected chi connectivity index (χ2v) is 17.5. The molecule has 2 aliphatic heterocycles. The highest BCUT2D eigenvalue weighted by molar-refractivity contribution is 6.05. The van der Waals surface area contributed by atoms with E-state index in [0.717, 1.165) is 81.3 Å². The van der Waals surface area contributed by atoms with Crippen molar-refractivity contribution in [1.82, 2.24) is 40.4 Å². The van der Waals surface area contributed by atoms with Crippen molar-refractivity contribution in [3.8, 4) is 22.4 Å². The molecular weight excluding hydrogens is 797 g/mol. The van der Waals surface area contributed by atoms with E-state index in [4.69, 9.17) is 19.4 Å². The van der Waals surface area contributed by atoms with Gasteiger partial charge in [-0.25, -0.2) is 14.8 Å². The van der Waals surface area contributed by atoms with Crippen LogP contribution in [0.15, 0.2) is 91.1 Å². The van der Waals surface area contributed by atoms with Gasteiger partial charge in [0.25, 0.3) is 0 Å². The molecule has 4 amide bonds. The number of fused-ring (bicyclic) bond motifs is 3. The number of H-pyrrole nitrogens is 2. The first-order valence-corrected chi connectivity index (χ1v) is 22.0. The van der Waals surface area contributed by atoms with Gasteiger partial charge in [0, 0.05) is 37.4 Å². The molecule has 2 aromatic heterocycles. The van der Waals surface area contributed by atoms with Gasteiger partial charge in [0.05, 0.1) is 48.7 Å². The molecule has 0 unspecified atom stereocenters. The number of methoxy groups -OCH3 is 2. The van der Waals surface area contributed by atoms with Crippen LogP contribution in [0.5, 0.6) is 0 Å². The zero-order valence-corrected chi connectivity index (χ0v) is 36.1. The lowest BCUT2D eigenvalue weighted by Gasteiger charge is -2.30. The summed E-state index contributed by atoms with van der Waals surface area (Å²) in [6.07, 6.45) is 5.19. The van der Waals surface area contributed by atoms with Crippen LogP contribution in [0.3, 0.4) is 0 Å². The third-order valence-electron chi connectivity index (χ3n) is 12.9. The molecule has 4 N–H and O–H groups in total. The molecule has 14 heteroatoms. The predicted octanol–water partition coefficient (Wildman–Crippen LogP) is 7.62. The van der Waals surface area contributed by atoms with E-state index in [0.29, 0.717) is 31.9 Å². The second kappa shape index (κ2) is 17.7. The van der Waals surface area contributed by atoms with Crippen LogP contribution in [0.25, 0.3) is 44.2 Å². The Morgan fingerprint density at radius 3 is 2.30 bits per heavy atom. The van der Waals surface area contributed by atoms with E-state index in [1.807, 2.05) is 66.2 Å². The average Bonchev–Trinajstić information content (AvgIpc) is 3.66. The van der Waals surface area contributed by atoms with Crippen molar-refractivity contribution in [3.63, 3.8) is 0 Å². The Kier molecular flexibility index (Phi) is 11.7. The van der Waals surface area contributed by atoms with Crippen LogP contribution in [-0.4, -0.2) is 93.5 Å². The summed E-state index contributed by atoms with van der Waals surface area (Å²) in [6, 6.07) is 26.3. The third-order valence-corrected chi connectivity index (χ3v) is 12.9. The molecule has 0 radical (unpaired) electrons. The van der Waals surface area contributed by atoms with Crippen LogP contribution >= 0.6 is 0 Å². The highest BCUT2D eigenvalue weighted by Crippen LogP contribution is 2.40. The highest BCUT2D eigenvalue weighted by Gasteiger charge is 2.43. The van der Waals surface area contributed by atoms with Crippen molar-refractivity contribution in [2.24, 2.45) is 17.8 Å². The molecule has 0 spiro atoms. The molecule has 63 heavy (non-hydrogen) atoms. The Morgan fingerprint density at radius 1 is 0.810 bits per heavy atom. The van der Waals surface area contributed by atoms with Gasteiger partial charge < -0.3 is 39.9 Å². The second-order valence-electron chi connectivity index (χ2n) is 17.5. The first kappa shape index (κ1) is 41.8. The summed E-state index contributed by atoms with van der Waals surface area (Å²) in [5.41, 5.74) is 6.43. The monoisotopic (exact) mass is 850 g/mol. The number of ether oxygens (including phenoxy) is 2. The zero-order chi connectivity index (χ0) is 43.8. The van der Waals surface area contributed by atoms with E-state index >= 15 is 0 Å². The standard InChI is InChI=1S/C49H54N8O6/c1-28(2)41(55-49(61)63-4)47(59)56-22-8-11-39(56)44-50-25-38(52-44)31-14-12-30(13-15-31)34-18-20-36-35(24-34)19-21-37-43(36)53-45(51-37)40-23-29(27-62-3)26-57(40)48(60)42(32-9-6-5-7-10-32)54-46(58)33-16-17-33/h5-7,9-10,12-15,18-21,24-25,28-29,33,39-42H,8,11,16-17,22-23,26-27H2,1-4H3,(H,50,52)(H,51,53)(H,54,58)(H,55,61)/t29-,39-,40-,41-,42+/m0/s1. The number of rotatable bonds is 13. The van der Waals surface area contributed by atoms with Crippen molar-refractivity contribution in [1.29, 1.82) is 0 Å². The van der Waals surface area contributed by atoms with E-state index in [-0.39, 0.29) is 47.6 Å². The summed E-state index contributed by atoms with van der Waals surface area (Å²) >= 11 is 0. The maximum Gasteiger partial charge on any atom is 0.407 e. The summed E-state index contributed by atoms with van der Waals surface area (Å²) < 4.78 is 10.3. The first-order chi connectivity index (χ1) is 30.6. The summed E-state index contributed by atoms with van der Waals surface area (Å²) in [7, 11) is 2.97. The van der Waals surface area contributed by atoms with Crippen molar-refractivity contribution in [2.75, 3.05) is 33.9 Å². The highest BCUT2D eigenvalue weighted by atomic mass is 16.5. The molecule has 5 atom stereocenters. The number of aromatic amines is 2.